The molecule has 0 radical (unpaired) electrons. The molecule has 172 valence electrons. The van der Waals surface area contributed by atoms with Gasteiger partial charge in [-0.25, -0.2) is 9.78 Å². The molecule has 2 aromatic rings. The number of aromatic nitrogens is 2. The summed E-state index contributed by atoms with van der Waals surface area (Å²) < 4.78 is 11.2. The predicted octanol–water partition coefficient (Wildman–Crippen LogP) is 4.46. The number of hydrogen-bond donors (Lipinski definition) is 0. The Balaban J connectivity index is 1.42. The fourth-order valence-electron chi connectivity index (χ4n) is 4.75. The van der Waals surface area contributed by atoms with Gasteiger partial charge >= 0.3 is 6.09 Å². The van der Waals surface area contributed by atoms with Crippen LogP contribution in [0.1, 0.15) is 55.7 Å². The molecule has 2 aliphatic rings. The molecular weight excluding hydrogens is 404 g/mol. The van der Waals surface area contributed by atoms with Crippen LogP contribution in [0.3, 0.4) is 0 Å². The van der Waals surface area contributed by atoms with Gasteiger partial charge in [-0.3, -0.25) is 14.8 Å². The molecule has 1 amide bonds. The number of aryl methyl sites for hydroxylation is 2. The molecule has 0 N–H and O–H groups in total. The number of pyridine rings is 2. The highest BCUT2D eigenvalue weighted by Crippen LogP contribution is 2.35. The normalized spacial score (nSPS) is 19.6. The summed E-state index contributed by atoms with van der Waals surface area (Å²) in [7, 11) is 0. The van der Waals surface area contributed by atoms with E-state index in [1.165, 1.54) is 12.0 Å². The maximum Gasteiger partial charge on any atom is 0.415 e. The molecule has 4 rings (SSSR count). The number of nitrogens with zero attached hydrogens (tertiary/aromatic N) is 4. The molecule has 0 saturated carbocycles. The van der Waals surface area contributed by atoms with Crippen LogP contribution in [0, 0.1) is 19.8 Å². The first kappa shape index (κ1) is 22.5. The minimum Gasteiger partial charge on any atom is -0.488 e. The summed E-state index contributed by atoms with van der Waals surface area (Å²) >= 11 is 0. The first-order valence-electron chi connectivity index (χ1n) is 11.6. The van der Waals surface area contributed by atoms with Gasteiger partial charge in [0.05, 0.1) is 12.6 Å². The number of fused-ring (bicyclic) bond motifs is 1. The van der Waals surface area contributed by atoms with Crippen LogP contribution in [-0.2, 0) is 11.2 Å². The largest absolute Gasteiger partial charge is 0.488 e. The lowest BCUT2D eigenvalue weighted by Crippen LogP contribution is -2.40. The molecule has 2 aliphatic heterocycles. The first-order valence-corrected chi connectivity index (χ1v) is 11.6. The zero-order chi connectivity index (χ0) is 22.8. The molecule has 0 aliphatic carbocycles. The Morgan fingerprint density at radius 3 is 2.66 bits per heavy atom. The van der Waals surface area contributed by atoms with E-state index in [-0.39, 0.29) is 18.2 Å². The Morgan fingerprint density at radius 1 is 1.19 bits per heavy atom. The molecule has 0 aromatic carbocycles. The van der Waals surface area contributed by atoms with E-state index in [1.807, 2.05) is 26.1 Å². The van der Waals surface area contributed by atoms with Crippen LogP contribution >= 0.6 is 0 Å². The van der Waals surface area contributed by atoms with Crippen LogP contribution in [0.25, 0.3) is 0 Å². The van der Waals surface area contributed by atoms with Gasteiger partial charge < -0.3 is 9.47 Å². The van der Waals surface area contributed by atoms with Gasteiger partial charge in [0.25, 0.3) is 0 Å². The van der Waals surface area contributed by atoms with Crippen molar-refractivity contribution >= 4 is 11.9 Å². The van der Waals surface area contributed by atoms with Crippen LogP contribution < -0.4 is 9.64 Å². The van der Waals surface area contributed by atoms with Crippen LogP contribution in [0.2, 0.25) is 0 Å². The molecule has 2 atom stereocenters. The molecule has 1 fully saturated rings. The quantitative estimate of drug-likeness (QED) is 0.686. The highest BCUT2D eigenvalue weighted by Gasteiger charge is 2.30. The maximum atomic E-state index is 12.4. The Labute approximate surface area is 190 Å². The number of likely N-dealkylation sites (tertiary alicyclic amines) is 1. The molecular formula is C25H34N4O3. The topological polar surface area (TPSA) is 67.8 Å². The van der Waals surface area contributed by atoms with Gasteiger partial charge in [-0.2, -0.15) is 0 Å². The number of amides is 1. The van der Waals surface area contributed by atoms with E-state index < -0.39 is 0 Å². The predicted molar refractivity (Wildman–Crippen MR) is 124 cm³/mol. The third-order valence-electron chi connectivity index (χ3n) is 6.25. The minimum absolute atomic E-state index is 0.170. The zero-order valence-electron chi connectivity index (χ0n) is 19.8. The number of ether oxygens (including phenoxy) is 2. The van der Waals surface area contributed by atoms with Gasteiger partial charge in [-0.1, -0.05) is 0 Å². The lowest BCUT2D eigenvalue weighted by Gasteiger charge is -2.30. The lowest BCUT2D eigenvalue weighted by molar-refractivity contribution is 0.120. The van der Waals surface area contributed by atoms with E-state index in [0.29, 0.717) is 30.6 Å². The van der Waals surface area contributed by atoms with Crippen LogP contribution in [0.4, 0.5) is 10.6 Å². The summed E-state index contributed by atoms with van der Waals surface area (Å²) in [6.45, 7) is 13.1. The van der Waals surface area contributed by atoms with Gasteiger partial charge in [0, 0.05) is 30.2 Å². The van der Waals surface area contributed by atoms with Crippen molar-refractivity contribution in [3.63, 3.8) is 0 Å². The van der Waals surface area contributed by atoms with Crippen molar-refractivity contribution in [1.29, 1.82) is 0 Å². The summed E-state index contributed by atoms with van der Waals surface area (Å²) in [5, 5.41) is 0. The second kappa shape index (κ2) is 9.45. The average molecular weight is 439 g/mol. The zero-order valence-corrected chi connectivity index (χ0v) is 19.8. The number of anilines is 1. The van der Waals surface area contributed by atoms with Crippen molar-refractivity contribution in [2.75, 3.05) is 31.1 Å². The van der Waals surface area contributed by atoms with E-state index in [0.717, 1.165) is 36.5 Å². The Hall–Kier alpha value is -2.67. The monoisotopic (exact) mass is 438 g/mol. The summed E-state index contributed by atoms with van der Waals surface area (Å²) in [5.41, 5.74) is 4.68. The fourth-order valence-corrected chi connectivity index (χ4v) is 4.75. The van der Waals surface area contributed by atoms with Crippen LogP contribution in [0.5, 0.6) is 5.75 Å². The summed E-state index contributed by atoms with van der Waals surface area (Å²) in [6, 6.07) is 6.69. The van der Waals surface area contributed by atoms with Gasteiger partial charge in [0.2, 0.25) is 0 Å². The number of carbonyl (C=O) groups excluding carboxylic acids is 1. The summed E-state index contributed by atoms with van der Waals surface area (Å²) in [4.78, 5) is 25.6. The number of hydrogen-bond acceptors (Lipinski definition) is 6. The maximum absolute atomic E-state index is 12.4. The second-order valence-corrected chi connectivity index (χ2v) is 9.31. The van der Waals surface area contributed by atoms with E-state index in [2.05, 4.69) is 47.8 Å². The van der Waals surface area contributed by atoms with Crippen molar-refractivity contribution in [3.05, 3.63) is 46.9 Å². The van der Waals surface area contributed by atoms with Crippen molar-refractivity contribution < 1.29 is 14.3 Å². The Kier molecular flexibility index (Phi) is 6.65. The smallest absolute Gasteiger partial charge is 0.415 e. The second-order valence-electron chi connectivity index (χ2n) is 9.31. The molecule has 4 heterocycles. The van der Waals surface area contributed by atoms with Crippen molar-refractivity contribution in [1.82, 2.24) is 14.9 Å². The highest BCUT2D eigenvalue weighted by atomic mass is 16.6. The van der Waals surface area contributed by atoms with Crippen molar-refractivity contribution in [2.45, 2.75) is 59.6 Å². The minimum atomic E-state index is -0.373. The van der Waals surface area contributed by atoms with E-state index in [1.54, 1.807) is 4.90 Å². The third kappa shape index (κ3) is 5.04. The van der Waals surface area contributed by atoms with Gasteiger partial charge in [-0.05, 0) is 89.2 Å². The van der Waals surface area contributed by atoms with Gasteiger partial charge in [0.1, 0.15) is 6.61 Å². The fraction of sp³-hybridized carbons (Fsp3) is 0.560. The molecule has 1 unspecified atom stereocenters. The lowest BCUT2D eigenvalue weighted by atomic mass is 9.98. The van der Waals surface area contributed by atoms with E-state index >= 15 is 0 Å². The first-order chi connectivity index (χ1) is 15.3. The molecule has 7 heteroatoms. The molecule has 1 saturated heterocycles. The Bertz CT molecular complexity index is 957. The molecule has 32 heavy (non-hydrogen) atoms. The van der Waals surface area contributed by atoms with Crippen LogP contribution in [-0.4, -0.2) is 53.3 Å². The SMILES string of the molecule is Cc1cc(C[C@H]2CCN(C(C)c3cnc4c(c3)OCCN4C(=O)OC(C)C)C2)cc(C)n1. The molecule has 7 nitrogen and oxygen atoms in total. The van der Waals surface area contributed by atoms with Gasteiger partial charge in [0.15, 0.2) is 11.6 Å². The highest BCUT2D eigenvalue weighted by molar-refractivity contribution is 5.88. The molecule has 0 spiro atoms. The molecule has 0 bridgehead atoms. The number of rotatable bonds is 5. The van der Waals surface area contributed by atoms with Gasteiger partial charge in [-0.15, -0.1) is 0 Å². The molecule has 2 aromatic heterocycles. The van der Waals surface area contributed by atoms with Crippen molar-refractivity contribution in [3.8, 4) is 5.75 Å². The summed E-state index contributed by atoms with van der Waals surface area (Å²) in [5.74, 6) is 1.84. The third-order valence-corrected chi connectivity index (χ3v) is 6.25. The van der Waals surface area contributed by atoms with Crippen molar-refractivity contribution in [2.24, 2.45) is 5.92 Å². The van der Waals surface area contributed by atoms with E-state index in [9.17, 15) is 4.79 Å². The summed E-state index contributed by atoms with van der Waals surface area (Å²) in [6.07, 6.45) is 3.61. The Morgan fingerprint density at radius 2 is 1.94 bits per heavy atom. The average Bonchev–Trinajstić information content (AvgIpc) is 3.19. The standard InChI is InChI=1S/C25H34N4O3/c1-16(2)32-25(30)29-8-9-31-23-13-22(14-26-24(23)29)19(5)28-7-6-20(15-28)12-21-10-17(3)27-18(4)11-21/h10-11,13-14,16,19-20H,6-9,12,15H2,1-5H3/t19?,20-/m1/s1. The number of carbonyl (C=O) groups is 1. The van der Waals surface area contributed by atoms with Crippen LogP contribution in [0.15, 0.2) is 24.4 Å². The van der Waals surface area contributed by atoms with E-state index in [4.69, 9.17) is 9.47 Å².